The number of benzene rings is 5. The van der Waals surface area contributed by atoms with Gasteiger partial charge in [0.25, 0.3) is 0 Å². The normalized spacial score (nSPS) is 12.9. The maximum Gasteiger partial charge on any atom is 0 e. The van der Waals surface area contributed by atoms with Crippen molar-refractivity contribution in [3.63, 3.8) is 0 Å². The summed E-state index contributed by atoms with van der Waals surface area (Å²) in [5.74, 6) is 7.36. The zero-order valence-electron chi connectivity index (χ0n) is 31.3. The Balaban J connectivity index is 0.000000323. The van der Waals surface area contributed by atoms with E-state index < -0.39 is 25.0 Å². The van der Waals surface area contributed by atoms with Gasteiger partial charge in [0.1, 0.15) is 5.76 Å². The van der Waals surface area contributed by atoms with E-state index in [9.17, 15) is 23.1 Å². The minimum atomic E-state index is -4.48. The van der Waals surface area contributed by atoms with Gasteiger partial charge < -0.3 is 5.11 Å². The van der Waals surface area contributed by atoms with Gasteiger partial charge in [0.05, 0.1) is 0 Å². The van der Waals surface area contributed by atoms with E-state index in [1.807, 2.05) is 53.7 Å². The Morgan fingerprint density at radius 3 is 1.98 bits per heavy atom. The molecule has 0 aliphatic heterocycles. The Hall–Kier alpha value is -3.52. The molecule has 275 valence electrons. The van der Waals surface area contributed by atoms with Crippen LogP contribution in [0.4, 0.5) is 13.2 Å². The number of carbonyl (C=O) groups excluding carboxylic acids is 1. The molecule has 8 heteroatoms. The molecule has 3 nitrogen and oxygen atoms in total. The predicted molar refractivity (Wildman–Crippen MR) is 210 cm³/mol. The molecule has 5 aromatic carbocycles. The average Bonchev–Trinajstić information content (AvgIpc) is 3.09. The number of rotatable bonds is 7. The number of hydrogen-bond acceptors (Lipinski definition) is 3. The summed E-state index contributed by atoms with van der Waals surface area (Å²) < 4.78 is 43.3. The molecule has 0 atom stereocenters. The van der Waals surface area contributed by atoms with Gasteiger partial charge in [0, 0.05) is 37.0 Å². The van der Waals surface area contributed by atoms with Crippen molar-refractivity contribution in [2.24, 2.45) is 10.8 Å². The SMILES string of the molecule is CCC(C)(C)C(=O)/C=C(\O)C(C)(C)CC.[CH3][Ge]([CH3])([CH3])[c]1ccc2c(ccc3c4ccnc(-c5[c-]c6ccccc6c(C(F)(F)F)c5)c4ccc23)c1.[Ir]. The standard InChI is InChI=1S/C31H23F3GeN.C13H24O2.Ir/c1-35(2,3)22-9-11-23-20(17-22)8-10-26-25(23)12-13-28-27(26)14-15-36-30(28)21-16-19-6-4-5-7-24(19)29(18-21)31(32,33)34;1-7-12(3,4)10(14)9-11(15)13(5,6)8-2;/h4-15,17-18H,1-3H3;9,14H,7-8H2,1-6H3;/q-1;;/b;10-9-;. The topological polar surface area (TPSA) is 50.2 Å². The van der Waals surface area contributed by atoms with Crippen LogP contribution in [0.25, 0.3) is 54.3 Å². The average molecular weight is 944 g/mol. The van der Waals surface area contributed by atoms with Crippen LogP contribution in [0.3, 0.4) is 0 Å². The summed E-state index contributed by atoms with van der Waals surface area (Å²) >= 11 is -1.96. The van der Waals surface area contributed by atoms with Gasteiger partial charge in [-0.3, -0.25) is 4.79 Å². The Morgan fingerprint density at radius 1 is 0.769 bits per heavy atom. The van der Waals surface area contributed by atoms with E-state index in [0.717, 1.165) is 34.4 Å². The number of alkyl halides is 3. The number of aliphatic hydroxyl groups excluding tert-OH is 1. The largest absolute Gasteiger partial charge is 0 e. The van der Waals surface area contributed by atoms with Gasteiger partial charge in [-0.1, -0.05) is 65.1 Å². The molecule has 0 unspecified atom stereocenters. The fourth-order valence-electron chi connectivity index (χ4n) is 5.96. The molecule has 0 aliphatic carbocycles. The van der Waals surface area contributed by atoms with E-state index in [1.165, 1.54) is 33.4 Å². The maximum atomic E-state index is 14.0. The summed E-state index contributed by atoms with van der Waals surface area (Å²) in [6, 6.07) is 27.9. The van der Waals surface area contributed by atoms with E-state index in [0.29, 0.717) is 16.6 Å². The van der Waals surface area contributed by atoms with Crippen LogP contribution in [-0.2, 0) is 31.1 Å². The first-order chi connectivity index (χ1) is 23.8. The van der Waals surface area contributed by atoms with Crippen LogP contribution in [-0.4, -0.2) is 29.1 Å². The van der Waals surface area contributed by atoms with Gasteiger partial charge in [0.2, 0.25) is 0 Å². The van der Waals surface area contributed by atoms with Crippen molar-refractivity contribution in [2.45, 2.75) is 77.8 Å². The van der Waals surface area contributed by atoms with Crippen molar-refractivity contribution in [1.29, 1.82) is 0 Å². The molecule has 0 bridgehead atoms. The second-order valence-corrected chi connectivity index (χ2v) is 26.3. The van der Waals surface area contributed by atoms with Gasteiger partial charge in [-0.25, -0.2) is 0 Å². The quantitative estimate of drug-likeness (QED) is 0.0570. The summed E-state index contributed by atoms with van der Waals surface area (Å²) in [6.45, 7) is 11.7. The summed E-state index contributed by atoms with van der Waals surface area (Å²) in [5, 5.41) is 16.8. The predicted octanol–water partition coefficient (Wildman–Crippen LogP) is 12.6. The number of pyridine rings is 1. The number of aliphatic hydroxyl groups is 1. The summed E-state index contributed by atoms with van der Waals surface area (Å²) in [6.07, 6.45) is 0.188. The van der Waals surface area contributed by atoms with Crippen LogP contribution in [0, 0.1) is 16.9 Å². The molecule has 0 fully saturated rings. The molecule has 1 aromatic heterocycles. The third kappa shape index (κ3) is 8.48. The number of allylic oxidation sites excluding steroid dienone is 2. The molecular weight excluding hydrogens is 896 g/mol. The smallest absolute Gasteiger partial charge is 0 e. The molecule has 6 rings (SSSR count). The molecule has 0 saturated carbocycles. The van der Waals surface area contributed by atoms with E-state index >= 15 is 0 Å². The fourth-order valence-corrected chi connectivity index (χ4v) is 8.41. The molecule has 1 N–H and O–H groups in total. The fraction of sp³-hybridized carbons (Fsp3) is 0.318. The van der Waals surface area contributed by atoms with E-state index in [-0.39, 0.29) is 47.9 Å². The molecule has 1 heterocycles. The Labute approximate surface area is 321 Å². The molecular formula is C44H47F3GeIrNO2-. The minimum absolute atomic E-state index is 0. The second-order valence-electron chi connectivity index (χ2n) is 15.7. The maximum absolute atomic E-state index is 14.0. The molecule has 0 amide bonds. The number of aromatic nitrogens is 1. The third-order valence-electron chi connectivity index (χ3n) is 10.4. The zero-order valence-corrected chi connectivity index (χ0v) is 35.8. The summed E-state index contributed by atoms with van der Waals surface area (Å²) in [7, 11) is 0. The number of fused-ring (bicyclic) bond motifs is 6. The summed E-state index contributed by atoms with van der Waals surface area (Å²) in [5.41, 5.74) is -0.510. The van der Waals surface area contributed by atoms with Crippen molar-refractivity contribution in [1.82, 2.24) is 4.98 Å². The Morgan fingerprint density at radius 2 is 1.35 bits per heavy atom. The van der Waals surface area contributed by atoms with Gasteiger partial charge in [0.15, 0.2) is 5.78 Å². The summed E-state index contributed by atoms with van der Waals surface area (Å²) in [4.78, 5) is 16.4. The van der Waals surface area contributed by atoms with Crippen molar-refractivity contribution >= 4 is 66.5 Å². The molecule has 1 radical (unpaired) electrons. The van der Waals surface area contributed by atoms with Crippen LogP contribution in [0.15, 0.2) is 96.9 Å². The van der Waals surface area contributed by atoms with Crippen molar-refractivity contribution in [2.75, 3.05) is 0 Å². The number of halogens is 3. The van der Waals surface area contributed by atoms with Crippen LogP contribution < -0.4 is 4.40 Å². The van der Waals surface area contributed by atoms with Gasteiger partial charge in [-0.2, -0.15) is 13.2 Å². The monoisotopic (exact) mass is 945 g/mol. The van der Waals surface area contributed by atoms with E-state index in [4.69, 9.17) is 0 Å². The van der Waals surface area contributed by atoms with E-state index in [1.54, 1.807) is 24.4 Å². The third-order valence-corrected chi connectivity index (χ3v) is 14.6. The van der Waals surface area contributed by atoms with Gasteiger partial charge in [-0.15, -0.1) is 6.07 Å². The van der Waals surface area contributed by atoms with Crippen LogP contribution >= 0.6 is 0 Å². The number of nitrogens with zero attached hydrogens (tertiary/aromatic N) is 1. The Kier molecular flexibility index (Phi) is 12.3. The zero-order chi connectivity index (χ0) is 37.5. The van der Waals surface area contributed by atoms with Crippen LogP contribution in [0.1, 0.15) is 59.9 Å². The number of carbonyl (C=O) groups is 1. The molecule has 6 aromatic rings. The molecule has 0 aliphatic rings. The number of ketones is 1. The van der Waals surface area contributed by atoms with E-state index in [2.05, 4.69) is 64.7 Å². The van der Waals surface area contributed by atoms with Crippen molar-refractivity contribution in [3.05, 3.63) is 109 Å². The first-order valence-electron chi connectivity index (χ1n) is 17.5. The second kappa shape index (κ2) is 15.5. The molecule has 0 spiro atoms. The van der Waals surface area contributed by atoms with Crippen LogP contribution in [0.5, 0.6) is 0 Å². The van der Waals surface area contributed by atoms with Crippen molar-refractivity contribution in [3.8, 4) is 11.3 Å². The molecule has 0 saturated heterocycles. The molecule has 52 heavy (non-hydrogen) atoms. The first kappa shape index (κ1) is 41.2. The Bertz CT molecular complexity index is 2300. The minimum Gasteiger partial charge on any atom is 0 e. The first-order valence-corrected chi connectivity index (χ1v) is 24.9. The number of hydrogen-bond donors (Lipinski definition) is 1. The van der Waals surface area contributed by atoms with Crippen LogP contribution in [0.2, 0.25) is 17.3 Å². The van der Waals surface area contributed by atoms with Gasteiger partial charge in [-0.05, 0) is 12.8 Å². The van der Waals surface area contributed by atoms with Gasteiger partial charge >= 0.3 is 167 Å². The van der Waals surface area contributed by atoms with Crippen molar-refractivity contribution < 1.29 is 43.2 Å².